The van der Waals surface area contributed by atoms with Crippen LogP contribution in [0.25, 0.3) is 0 Å². The van der Waals surface area contributed by atoms with Crippen molar-refractivity contribution in [2.75, 3.05) is 6.54 Å². The molecule has 122 valence electrons. The monoisotopic (exact) mass is 306 g/mol. The maximum absolute atomic E-state index is 11.3. The average Bonchev–Trinajstić information content (AvgIpc) is 2.90. The van der Waals surface area contributed by atoms with Crippen LogP contribution < -0.4 is 0 Å². The van der Waals surface area contributed by atoms with Crippen LogP contribution in [-0.2, 0) is 24.2 Å². The summed E-state index contributed by atoms with van der Waals surface area (Å²) in [6.07, 6.45) is 6.03. The van der Waals surface area contributed by atoms with E-state index in [1.807, 2.05) is 0 Å². The summed E-state index contributed by atoms with van der Waals surface area (Å²) in [5.74, 6) is 0.930. The lowest BCUT2D eigenvalue weighted by atomic mass is 9.96. The smallest absolute Gasteiger partial charge is 0.308 e. The van der Waals surface area contributed by atoms with Crippen LogP contribution in [0.1, 0.15) is 51.2 Å². The molecule has 1 fully saturated rings. The molecule has 3 heterocycles. The number of hydrogen-bond acceptors (Lipinski definition) is 4. The molecule has 6 heteroatoms. The molecule has 2 atom stereocenters. The van der Waals surface area contributed by atoms with Gasteiger partial charge >= 0.3 is 5.97 Å². The number of carboxylic acid groups (broad SMARTS) is 1. The number of aryl methyl sites for hydroxylation is 1. The van der Waals surface area contributed by atoms with E-state index in [2.05, 4.69) is 33.5 Å². The van der Waals surface area contributed by atoms with Gasteiger partial charge in [0, 0.05) is 31.5 Å². The van der Waals surface area contributed by atoms with Gasteiger partial charge in [0.05, 0.1) is 5.92 Å². The van der Waals surface area contributed by atoms with Gasteiger partial charge in [-0.1, -0.05) is 6.42 Å². The number of carboxylic acids is 1. The Morgan fingerprint density at radius 1 is 1.32 bits per heavy atom. The maximum Gasteiger partial charge on any atom is 0.308 e. The van der Waals surface area contributed by atoms with E-state index in [4.69, 9.17) is 0 Å². The lowest BCUT2D eigenvalue weighted by Crippen LogP contribution is -2.45. The van der Waals surface area contributed by atoms with Crippen LogP contribution >= 0.6 is 0 Å². The fourth-order valence-corrected chi connectivity index (χ4v) is 3.87. The van der Waals surface area contributed by atoms with Gasteiger partial charge in [0.25, 0.3) is 0 Å². The summed E-state index contributed by atoms with van der Waals surface area (Å²) in [7, 11) is 0. The third kappa shape index (κ3) is 3.02. The normalized spacial score (nSPS) is 26.1. The first-order chi connectivity index (χ1) is 10.6. The van der Waals surface area contributed by atoms with Crippen molar-refractivity contribution >= 4 is 5.97 Å². The third-order valence-electron chi connectivity index (χ3n) is 5.13. The summed E-state index contributed by atoms with van der Waals surface area (Å²) in [5.41, 5.74) is 0. The highest BCUT2D eigenvalue weighted by molar-refractivity contribution is 5.70. The highest BCUT2D eigenvalue weighted by atomic mass is 16.4. The number of piperidine rings is 1. The Labute approximate surface area is 131 Å². The van der Waals surface area contributed by atoms with Crippen LogP contribution in [0.4, 0.5) is 0 Å². The van der Waals surface area contributed by atoms with Gasteiger partial charge in [-0.25, -0.2) is 0 Å². The zero-order chi connectivity index (χ0) is 15.7. The van der Waals surface area contributed by atoms with Crippen LogP contribution in [0.2, 0.25) is 0 Å². The summed E-state index contributed by atoms with van der Waals surface area (Å²) in [6, 6.07) is 1.05. The van der Waals surface area contributed by atoms with Gasteiger partial charge in [0.1, 0.15) is 11.6 Å². The Hall–Kier alpha value is -1.43. The standard InChI is InChI=1S/C16H26N4O2/c1-11(2)19-8-4-3-5-13(19)9-15-18-17-14-7-6-12(16(21)22)10-20(14)15/h11-13H,3-10H2,1-2H3,(H,21,22). The molecule has 0 amide bonds. The zero-order valence-corrected chi connectivity index (χ0v) is 13.5. The quantitative estimate of drug-likeness (QED) is 0.917. The number of rotatable bonds is 4. The van der Waals surface area contributed by atoms with E-state index in [1.165, 1.54) is 19.3 Å². The van der Waals surface area contributed by atoms with Crippen molar-refractivity contribution in [2.24, 2.45) is 5.92 Å². The molecule has 2 aliphatic rings. The maximum atomic E-state index is 11.3. The summed E-state index contributed by atoms with van der Waals surface area (Å²) in [4.78, 5) is 13.8. The largest absolute Gasteiger partial charge is 0.481 e. The van der Waals surface area contributed by atoms with Crippen molar-refractivity contribution in [2.45, 2.75) is 71.0 Å². The number of aliphatic carboxylic acids is 1. The number of likely N-dealkylation sites (tertiary alicyclic amines) is 1. The number of aromatic nitrogens is 3. The van der Waals surface area contributed by atoms with Crippen LogP contribution in [0, 0.1) is 5.92 Å². The Kier molecular flexibility index (Phi) is 4.47. The van der Waals surface area contributed by atoms with E-state index < -0.39 is 5.97 Å². The summed E-state index contributed by atoms with van der Waals surface area (Å²) >= 11 is 0. The van der Waals surface area contributed by atoms with E-state index in [0.717, 1.165) is 31.0 Å². The van der Waals surface area contributed by atoms with Gasteiger partial charge < -0.3 is 9.67 Å². The summed E-state index contributed by atoms with van der Waals surface area (Å²) < 4.78 is 2.06. The van der Waals surface area contributed by atoms with E-state index in [9.17, 15) is 9.90 Å². The highest BCUT2D eigenvalue weighted by Crippen LogP contribution is 2.25. The fraction of sp³-hybridized carbons (Fsp3) is 0.812. The van der Waals surface area contributed by atoms with Crippen LogP contribution in [0.15, 0.2) is 0 Å². The van der Waals surface area contributed by atoms with Crippen molar-refractivity contribution in [1.82, 2.24) is 19.7 Å². The van der Waals surface area contributed by atoms with Gasteiger partial charge in [-0.2, -0.15) is 0 Å². The summed E-state index contributed by atoms with van der Waals surface area (Å²) in [5, 5.41) is 17.9. The Balaban J connectivity index is 1.76. The molecular weight excluding hydrogens is 280 g/mol. The van der Waals surface area contributed by atoms with Crippen LogP contribution in [-0.4, -0.2) is 49.4 Å². The molecule has 1 aromatic heterocycles. The molecule has 1 aromatic rings. The lowest BCUT2D eigenvalue weighted by molar-refractivity contribution is -0.142. The van der Waals surface area contributed by atoms with E-state index in [0.29, 0.717) is 25.0 Å². The van der Waals surface area contributed by atoms with Crippen molar-refractivity contribution in [3.05, 3.63) is 11.6 Å². The second kappa shape index (κ2) is 6.36. The van der Waals surface area contributed by atoms with Crippen LogP contribution in [0.5, 0.6) is 0 Å². The van der Waals surface area contributed by atoms with E-state index in [1.54, 1.807) is 0 Å². The predicted octanol–water partition coefficient (Wildman–Crippen LogP) is 1.73. The van der Waals surface area contributed by atoms with Gasteiger partial charge in [0.15, 0.2) is 0 Å². The third-order valence-corrected chi connectivity index (χ3v) is 5.13. The molecular formula is C16H26N4O2. The summed E-state index contributed by atoms with van der Waals surface area (Å²) in [6.45, 7) is 6.18. The lowest BCUT2D eigenvalue weighted by Gasteiger charge is -2.38. The first-order valence-corrected chi connectivity index (χ1v) is 8.45. The molecule has 0 bridgehead atoms. The van der Waals surface area contributed by atoms with Crippen molar-refractivity contribution < 1.29 is 9.90 Å². The SMILES string of the molecule is CC(C)N1CCCCC1Cc1nnc2n1CC(C(=O)O)CC2. The molecule has 6 nitrogen and oxygen atoms in total. The molecule has 2 aliphatic heterocycles. The van der Waals surface area contributed by atoms with Gasteiger partial charge in [-0.05, 0) is 39.7 Å². The Morgan fingerprint density at radius 3 is 2.86 bits per heavy atom. The first kappa shape index (κ1) is 15.5. The zero-order valence-electron chi connectivity index (χ0n) is 13.5. The number of carbonyl (C=O) groups is 1. The van der Waals surface area contributed by atoms with E-state index >= 15 is 0 Å². The van der Waals surface area contributed by atoms with Gasteiger partial charge in [-0.15, -0.1) is 10.2 Å². The molecule has 0 saturated carbocycles. The minimum Gasteiger partial charge on any atom is -0.481 e. The molecule has 0 aromatic carbocycles. The predicted molar refractivity (Wildman–Crippen MR) is 82.7 cm³/mol. The molecule has 0 aliphatic carbocycles. The van der Waals surface area contributed by atoms with Gasteiger partial charge in [-0.3, -0.25) is 9.69 Å². The van der Waals surface area contributed by atoms with Crippen molar-refractivity contribution in [3.63, 3.8) is 0 Å². The van der Waals surface area contributed by atoms with Gasteiger partial charge in [0.2, 0.25) is 0 Å². The first-order valence-electron chi connectivity index (χ1n) is 8.45. The van der Waals surface area contributed by atoms with Crippen LogP contribution in [0.3, 0.4) is 0 Å². The molecule has 1 saturated heterocycles. The molecule has 0 radical (unpaired) electrons. The van der Waals surface area contributed by atoms with Crippen molar-refractivity contribution in [3.8, 4) is 0 Å². The highest BCUT2D eigenvalue weighted by Gasteiger charge is 2.30. The number of hydrogen-bond donors (Lipinski definition) is 1. The van der Waals surface area contributed by atoms with Crippen molar-refractivity contribution in [1.29, 1.82) is 0 Å². The fourth-order valence-electron chi connectivity index (χ4n) is 3.87. The van der Waals surface area contributed by atoms with E-state index in [-0.39, 0.29) is 5.92 Å². The minimum atomic E-state index is -0.702. The topological polar surface area (TPSA) is 71.2 Å². The Morgan fingerprint density at radius 2 is 2.14 bits per heavy atom. The minimum absolute atomic E-state index is 0.296. The second-order valence-electron chi connectivity index (χ2n) is 6.90. The molecule has 22 heavy (non-hydrogen) atoms. The second-order valence-corrected chi connectivity index (χ2v) is 6.90. The molecule has 2 unspecified atom stereocenters. The molecule has 0 spiro atoms. The molecule has 3 rings (SSSR count). The number of fused-ring (bicyclic) bond motifs is 1. The Bertz CT molecular complexity index is 540. The number of nitrogens with zero attached hydrogens (tertiary/aromatic N) is 4. The average molecular weight is 306 g/mol. The molecule has 1 N–H and O–H groups in total.